The maximum absolute atomic E-state index is 12.3. The molecule has 8 heteroatoms. The number of carbonyl (C=O) groups excluding carboxylic acids is 1. The Balaban J connectivity index is 2.45. The first-order valence-corrected chi connectivity index (χ1v) is 7.29. The topological polar surface area (TPSA) is 106 Å². The van der Waals surface area contributed by atoms with E-state index >= 15 is 0 Å². The van der Waals surface area contributed by atoms with Gasteiger partial charge in [-0.25, -0.2) is 10.2 Å². The second kappa shape index (κ2) is 6.95. The van der Waals surface area contributed by atoms with Gasteiger partial charge in [0.2, 0.25) is 5.88 Å². The van der Waals surface area contributed by atoms with Crippen molar-refractivity contribution in [3.05, 3.63) is 62.3 Å². The largest absolute Gasteiger partial charge is 0.494 e. The third kappa shape index (κ3) is 3.12. The lowest BCUT2D eigenvalue weighted by molar-refractivity contribution is 0.0954. The van der Waals surface area contributed by atoms with Crippen LogP contribution >= 0.6 is 0 Å². The molecule has 2 rings (SSSR count). The molecule has 126 valence electrons. The monoisotopic (exact) mass is 330 g/mol. The van der Waals surface area contributed by atoms with E-state index in [4.69, 9.17) is 0 Å². The average molecular weight is 330 g/mol. The molecule has 1 aromatic heterocycles. The van der Waals surface area contributed by atoms with E-state index in [2.05, 4.69) is 10.5 Å². The number of aromatic nitrogens is 2. The van der Waals surface area contributed by atoms with Crippen molar-refractivity contribution in [2.45, 2.75) is 13.3 Å². The normalized spacial score (nSPS) is 11.4. The van der Waals surface area contributed by atoms with E-state index in [1.165, 1.54) is 14.1 Å². The molecule has 2 aromatic rings. The van der Waals surface area contributed by atoms with Gasteiger partial charge in [0.1, 0.15) is 5.56 Å². The van der Waals surface area contributed by atoms with Crippen LogP contribution < -0.4 is 16.7 Å². The smallest absolute Gasteiger partial charge is 0.333 e. The molecule has 0 atom stereocenters. The lowest BCUT2D eigenvalue weighted by Crippen LogP contribution is -2.40. The summed E-state index contributed by atoms with van der Waals surface area (Å²) in [7, 11) is 2.65. The first kappa shape index (κ1) is 17.2. The van der Waals surface area contributed by atoms with Crippen LogP contribution in [-0.4, -0.2) is 25.9 Å². The van der Waals surface area contributed by atoms with Crippen LogP contribution in [0.1, 0.15) is 29.3 Å². The average Bonchev–Trinajstić information content (AvgIpc) is 2.61. The maximum Gasteiger partial charge on any atom is 0.333 e. The quantitative estimate of drug-likeness (QED) is 0.622. The summed E-state index contributed by atoms with van der Waals surface area (Å²) in [5.41, 5.74) is 1.51. The molecule has 1 amide bonds. The summed E-state index contributed by atoms with van der Waals surface area (Å²) in [6.45, 7) is 1.72. The van der Waals surface area contributed by atoms with E-state index in [0.717, 1.165) is 9.13 Å². The lowest BCUT2D eigenvalue weighted by atomic mass is 10.1. The highest BCUT2D eigenvalue weighted by molar-refractivity contribution is 6.03. The zero-order chi connectivity index (χ0) is 17.9. The number of nitrogens with one attached hydrogen (secondary N) is 1. The molecule has 8 nitrogen and oxygen atoms in total. The van der Waals surface area contributed by atoms with Gasteiger partial charge in [0.25, 0.3) is 11.5 Å². The van der Waals surface area contributed by atoms with Gasteiger partial charge in [0.15, 0.2) is 0 Å². The van der Waals surface area contributed by atoms with E-state index in [1.54, 1.807) is 37.3 Å². The fourth-order valence-electron chi connectivity index (χ4n) is 2.17. The highest BCUT2D eigenvalue weighted by atomic mass is 16.3. The second-order valence-corrected chi connectivity index (χ2v) is 5.12. The fourth-order valence-corrected chi connectivity index (χ4v) is 2.17. The van der Waals surface area contributed by atoms with Crippen LogP contribution in [0.3, 0.4) is 0 Å². The summed E-state index contributed by atoms with van der Waals surface area (Å²) in [5, 5.41) is 14.1. The number of hydrogen-bond acceptors (Lipinski definition) is 5. The molecular weight excluding hydrogens is 312 g/mol. The van der Waals surface area contributed by atoms with Crippen LogP contribution in [0.25, 0.3) is 0 Å². The number of rotatable bonds is 4. The molecule has 0 spiro atoms. The van der Waals surface area contributed by atoms with E-state index in [0.29, 0.717) is 5.56 Å². The van der Waals surface area contributed by atoms with E-state index in [9.17, 15) is 19.5 Å². The molecule has 0 aliphatic heterocycles. The standard InChI is InChI=1S/C16H18N4O4/c1-4-11(17-18-13(21)10-8-6-5-7-9-10)12-14(22)19(2)16(24)20(3)15(12)23/h5-9,22H,4H2,1-3H3,(H,18,21)/b17-11+. The van der Waals surface area contributed by atoms with Crippen LogP contribution in [0.4, 0.5) is 0 Å². The van der Waals surface area contributed by atoms with Crippen molar-refractivity contribution in [2.75, 3.05) is 0 Å². The second-order valence-electron chi connectivity index (χ2n) is 5.12. The lowest BCUT2D eigenvalue weighted by Gasteiger charge is -2.11. The molecule has 0 saturated carbocycles. The summed E-state index contributed by atoms with van der Waals surface area (Å²) in [6, 6.07) is 8.46. The Bertz CT molecular complexity index is 910. The predicted octanol–water partition coefficient (Wildman–Crippen LogP) is 0.334. The highest BCUT2D eigenvalue weighted by Crippen LogP contribution is 2.12. The van der Waals surface area contributed by atoms with Crippen molar-refractivity contribution in [1.82, 2.24) is 14.6 Å². The van der Waals surface area contributed by atoms with Crippen LogP contribution in [0, 0.1) is 0 Å². The van der Waals surface area contributed by atoms with Crippen molar-refractivity contribution in [3.8, 4) is 5.88 Å². The fraction of sp³-hybridized carbons (Fsp3) is 0.250. The molecule has 2 N–H and O–H groups in total. The minimum Gasteiger partial charge on any atom is -0.494 e. The molecule has 0 aliphatic rings. The van der Waals surface area contributed by atoms with Gasteiger partial charge in [0.05, 0.1) is 5.71 Å². The summed E-state index contributed by atoms with van der Waals surface area (Å²) in [5.74, 6) is -0.930. The molecule has 0 bridgehead atoms. The Morgan fingerprint density at radius 1 is 1.17 bits per heavy atom. The number of carbonyl (C=O) groups is 1. The van der Waals surface area contributed by atoms with Crippen molar-refractivity contribution in [1.29, 1.82) is 0 Å². The molecule has 0 radical (unpaired) electrons. The van der Waals surface area contributed by atoms with Crippen molar-refractivity contribution >= 4 is 11.6 Å². The highest BCUT2D eigenvalue weighted by Gasteiger charge is 2.19. The Labute approximate surface area is 137 Å². The van der Waals surface area contributed by atoms with Gasteiger partial charge in [-0.2, -0.15) is 5.10 Å². The Kier molecular flexibility index (Phi) is 4.98. The summed E-state index contributed by atoms with van der Waals surface area (Å²) in [6.07, 6.45) is 0.274. The molecule has 1 aromatic carbocycles. The first-order chi connectivity index (χ1) is 11.4. The number of hydrogen-bond donors (Lipinski definition) is 2. The third-order valence-electron chi connectivity index (χ3n) is 3.59. The Hall–Kier alpha value is -3.16. The van der Waals surface area contributed by atoms with Gasteiger partial charge in [-0.05, 0) is 18.6 Å². The van der Waals surface area contributed by atoms with Crippen molar-refractivity contribution in [2.24, 2.45) is 19.2 Å². The SMILES string of the molecule is CC/C(=N\NC(=O)c1ccccc1)c1c(O)n(C)c(=O)n(C)c1=O. The third-order valence-corrected chi connectivity index (χ3v) is 3.59. The van der Waals surface area contributed by atoms with Crippen LogP contribution in [0.15, 0.2) is 45.0 Å². The molecule has 0 unspecified atom stereocenters. The minimum atomic E-state index is -0.676. The van der Waals surface area contributed by atoms with E-state index in [1.807, 2.05) is 0 Å². The van der Waals surface area contributed by atoms with E-state index < -0.39 is 23.0 Å². The van der Waals surface area contributed by atoms with Crippen LogP contribution in [0.5, 0.6) is 5.88 Å². The van der Waals surface area contributed by atoms with E-state index in [-0.39, 0.29) is 17.7 Å². The number of benzene rings is 1. The van der Waals surface area contributed by atoms with Crippen LogP contribution in [0.2, 0.25) is 0 Å². The molecule has 0 aliphatic carbocycles. The number of hydrazone groups is 1. The molecule has 24 heavy (non-hydrogen) atoms. The molecule has 1 heterocycles. The zero-order valence-electron chi connectivity index (χ0n) is 13.6. The maximum atomic E-state index is 12.3. The molecule has 0 saturated heterocycles. The number of amides is 1. The summed E-state index contributed by atoms with van der Waals surface area (Å²) >= 11 is 0. The van der Waals surface area contributed by atoms with Crippen molar-refractivity contribution in [3.63, 3.8) is 0 Å². The predicted molar refractivity (Wildman–Crippen MR) is 89.3 cm³/mol. The van der Waals surface area contributed by atoms with Gasteiger partial charge >= 0.3 is 5.69 Å². The van der Waals surface area contributed by atoms with Crippen molar-refractivity contribution < 1.29 is 9.90 Å². The van der Waals surface area contributed by atoms with Gasteiger partial charge in [-0.15, -0.1) is 0 Å². The Morgan fingerprint density at radius 3 is 2.38 bits per heavy atom. The number of nitrogens with zero attached hydrogens (tertiary/aromatic N) is 3. The van der Waals surface area contributed by atoms with Gasteiger partial charge in [-0.1, -0.05) is 25.1 Å². The zero-order valence-corrected chi connectivity index (χ0v) is 13.6. The van der Waals surface area contributed by atoms with Gasteiger partial charge in [-0.3, -0.25) is 18.7 Å². The van der Waals surface area contributed by atoms with Crippen LogP contribution in [-0.2, 0) is 14.1 Å². The minimum absolute atomic E-state index is 0.115. The Morgan fingerprint density at radius 2 is 1.79 bits per heavy atom. The van der Waals surface area contributed by atoms with Gasteiger partial charge in [0, 0.05) is 19.7 Å². The molecular formula is C16H18N4O4. The van der Waals surface area contributed by atoms with Gasteiger partial charge < -0.3 is 5.11 Å². The molecule has 0 fully saturated rings. The summed E-state index contributed by atoms with van der Waals surface area (Å²) < 4.78 is 1.82. The summed E-state index contributed by atoms with van der Waals surface area (Å²) in [4.78, 5) is 36.1. The number of aromatic hydroxyl groups is 1. The first-order valence-electron chi connectivity index (χ1n) is 7.29.